The fourth-order valence-electron chi connectivity index (χ4n) is 3.49. The fourth-order valence-corrected chi connectivity index (χ4v) is 4.54. The van der Waals surface area contributed by atoms with E-state index in [0.717, 1.165) is 46.0 Å². The molecule has 0 unspecified atom stereocenters. The van der Waals surface area contributed by atoms with Gasteiger partial charge in [-0.3, -0.25) is 9.69 Å². The van der Waals surface area contributed by atoms with E-state index >= 15 is 0 Å². The van der Waals surface area contributed by atoms with Crippen molar-refractivity contribution >= 4 is 32.6 Å². The zero-order valence-corrected chi connectivity index (χ0v) is 18.6. The van der Waals surface area contributed by atoms with Gasteiger partial charge in [-0.25, -0.2) is 9.97 Å². The van der Waals surface area contributed by atoms with Crippen LogP contribution >= 0.6 is 11.3 Å². The minimum absolute atomic E-state index is 0.0213. The maximum Gasteiger partial charge on any atom is 0.266 e. The van der Waals surface area contributed by atoms with Crippen LogP contribution in [0.2, 0.25) is 0 Å². The van der Waals surface area contributed by atoms with E-state index < -0.39 is 0 Å². The first-order chi connectivity index (χ1) is 15.2. The van der Waals surface area contributed by atoms with Crippen LogP contribution in [0.4, 0.5) is 5.13 Å². The van der Waals surface area contributed by atoms with Gasteiger partial charge in [0.25, 0.3) is 5.91 Å². The number of benzene rings is 2. The fraction of sp³-hybridized carbons (Fsp3) is 0.292. The van der Waals surface area contributed by atoms with Crippen LogP contribution < -0.4 is 9.64 Å². The third kappa shape index (κ3) is 4.94. The molecule has 0 spiro atoms. The van der Waals surface area contributed by atoms with Crippen LogP contribution in [0.3, 0.4) is 0 Å². The molecule has 0 atom stereocenters. The van der Waals surface area contributed by atoms with E-state index in [2.05, 4.69) is 30.1 Å². The average molecular weight is 435 g/mol. The number of hydrogen-bond acceptors (Lipinski definition) is 5. The summed E-state index contributed by atoms with van der Waals surface area (Å²) in [6, 6.07) is 13.9. The second-order valence-electron chi connectivity index (χ2n) is 7.37. The average Bonchev–Trinajstić information content (AvgIpc) is 3.45. The van der Waals surface area contributed by atoms with Crippen LogP contribution in [0.25, 0.3) is 10.2 Å². The van der Waals surface area contributed by atoms with Gasteiger partial charge in [-0.15, -0.1) is 0 Å². The van der Waals surface area contributed by atoms with Crippen molar-refractivity contribution in [2.45, 2.75) is 33.2 Å². The van der Waals surface area contributed by atoms with Gasteiger partial charge >= 0.3 is 0 Å². The third-order valence-corrected chi connectivity index (χ3v) is 6.25. The predicted molar refractivity (Wildman–Crippen MR) is 125 cm³/mol. The number of thiazole rings is 1. The maximum absolute atomic E-state index is 13.2. The Morgan fingerprint density at radius 3 is 2.84 bits per heavy atom. The van der Waals surface area contributed by atoms with E-state index in [9.17, 15) is 4.79 Å². The summed E-state index contributed by atoms with van der Waals surface area (Å²) < 4.78 is 8.96. The number of aryl methyl sites for hydroxylation is 3. The number of hydrogen-bond donors (Lipinski definition) is 0. The number of carbonyl (C=O) groups excluding carboxylic acids is 1. The Hall–Kier alpha value is -3.19. The molecule has 0 aliphatic heterocycles. The summed E-state index contributed by atoms with van der Waals surface area (Å²) in [4.78, 5) is 23.9. The Balaban J connectivity index is 1.54. The van der Waals surface area contributed by atoms with E-state index in [-0.39, 0.29) is 12.5 Å². The number of aromatic nitrogens is 3. The molecule has 0 aliphatic rings. The highest BCUT2D eigenvalue weighted by Gasteiger charge is 2.21. The molecular formula is C24H26N4O2S. The monoisotopic (exact) mass is 434 g/mol. The molecule has 0 saturated carbocycles. The summed E-state index contributed by atoms with van der Waals surface area (Å²) in [6.07, 6.45) is 7.19. The molecule has 6 nitrogen and oxygen atoms in total. The van der Waals surface area contributed by atoms with Gasteiger partial charge in [0.15, 0.2) is 11.7 Å². The van der Waals surface area contributed by atoms with Gasteiger partial charge in [-0.2, -0.15) is 0 Å². The highest BCUT2D eigenvalue weighted by Crippen LogP contribution is 2.31. The molecule has 0 bridgehead atoms. The van der Waals surface area contributed by atoms with Crippen molar-refractivity contribution < 1.29 is 9.53 Å². The lowest BCUT2D eigenvalue weighted by atomic mass is 10.1. The van der Waals surface area contributed by atoms with Gasteiger partial charge in [0.1, 0.15) is 5.75 Å². The number of carbonyl (C=O) groups is 1. The Kier molecular flexibility index (Phi) is 6.62. The van der Waals surface area contributed by atoms with Gasteiger partial charge in [0.2, 0.25) is 0 Å². The predicted octanol–water partition coefficient (Wildman–Crippen LogP) is 4.87. The summed E-state index contributed by atoms with van der Waals surface area (Å²) in [6.45, 7) is 5.43. The number of imidazole rings is 1. The minimum atomic E-state index is -0.0917. The highest BCUT2D eigenvalue weighted by atomic mass is 32.1. The first-order valence-electron chi connectivity index (χ1n) is 10.5. The van der Waals surface area contributed by atoms with Crippen LogP contribution in [0, 0.1) is 6.92 Å². The molecule has 1 amide bonds. The molecular weight excluding hydrogens is 408 g/mol. The van der Waals surface area contributed by atoms with Crippen LogP contribution in [0.5, 0.6) is 5.75 Å². The normalized spacial score (nSPS) is 11.0. The summed E-state index contributed by atoms with van der Waals surface area (Å²) in [5, 5.41) is 0.722. The van der Waals surface area contributed by atoms with Crippen molar-refractivity contribution in [2.24, 2.45) is 0 Å². The van der Waals surface area contributed by atoms with E-state index in [1.807, 2.05) is 42.0 Å². The number of nitrogens with zero attached hydrogens (tertiary/aromatic N) is 4. The lowest BCUT2D eigenvalue weighted by Gasteiger charge is -2.20. The Morgan fingerprint density at radius 2 is 2.06 bits per heavy atom. The number of anilines is 1. The largest absolute Gasteiger partial charge is 0.483 e. The minimum Gasteiger partial charge on any atom is -0.483 e. The zero-order chi connectivity index (χ0) is 21.6. The van der Waals surface area contributed by atoms with Gasteiger partial charge in [-0.05, 0) is 43.0 Å². The second kappa shape index (κ2) is 9.75. The lowest BCUT2D eigenvalue weighted by Crippen LogP contribution is -2.36. The Morgan fingerprint density at radius 1 is 1.19 bits per heavy atom. The molecule has 7 heteroatoms. The van der Waals surface area contributed by atoms with Crippen LogP contribution in [-0.4, -0.2) is 33.6 Å². The van der Waals surface area contributed by atoms with E-state index in [1.54, 1.807) is 28.8 Å². The van der Waals surface area contributed by atoms with E-state index in [0.29, 0.717) is 6.54 Å². The van der Waals surface area contributed by atoms with Gasteiger partial charge in [0.05, 0.1) is 16.5 Å². The van der Waals surface area contributed by atoms with Crippen molar-refractivity contribution in [2.75, 3.05) is 18.1 Å². The number of fused-ring (bicyclic) bond motifs is 1. The lowest BCUT2D eigenvalue weighted by molar-refractivity contribution is -0.120. The summed E-state index contributed by atoms with van der Waals surface area (Å²) in [5.74, 6) is 0.637. The summed E-state index contributed by atoms with van der Waals surface area (Å²) in [5.41, 5.74) is 3.19. The van der Waals surface area contributed by atoms with Crippen LogP contribution in [-0.2, 0) is 17.8 Å². The molecule has 0 radical (unpaired) electrons. The SMILES string of the molecule is CCc1cccc2sc(N(CCCn3ccnc3)C(=O)COc3ccccc3C)nc12. The molecule has 0 fully saturated rings. The molecule has 4 aromatic rings. The number of para-hydroxylation sites is 2. The van der Waals surface area contributed by atoms with Crippen molar-refractivity contribution in [3.8, 4) is 5.75 Å². The first kappa shape index (κ1) is 21.1. The van der Waals surface area contributed by atoms with Gasteiger partial charge in [-0.1, -0.05) is 48.6 Å². The molecule has 0 saturated heterocycles. The standard InChI is InChI=1S/C24H26N4O2S/c1-3-19-9-6-11-21-23(19)26-24(31-21)28(14-7-13-27-15-12-25-17-27)22(29)16-30-20-10-5-4-8-18(20)2/h4-6,8-12,15,17H,3,7,13-14,16H2,1-2H3. The molecule has 31 heavy (non-hydrogen) atoms. The van der Waals surface area contributed by atoms with Crippen molar-refractivity contribution in [1.82, 2.24) is 14.5 Å². The quantitative estimate of drug-likeness (QED) is 0.377. The maximum atomic E-state index is 13.2. The van der Waals surface area contributed by atoms with Crippen LogP contribution in [0.15, 0.2) is 61.2 Å². The van der Waals surface area contributed by atoms with Gasteiger partial charge in [0, 0.05) is 25.5 Å². The Labute approximate surface area is 186 Å². The zero-order valence-electron chi connectivity index (χ0n) is 17.8. The molecule has 4 rings (SSSR count). The summed E-state index contributed by atoms with van der Waals surface area (Å²) in [7, 11) is 0. The van der Waals surface area contributed by atoms with Crippen molar-refractivity contribution in [3.05, 3.63) is 72.3 Å². The molecule has 0 N–H and O–H groups in total. The second-order valence-corrected chi connectivity index (χ2v) is 8.38. The molecule has 2 aromatic heterocycles. The first-order valence-corrected chi connectivity index (χ1v) is 11.3. The van der Waals surface area contributed by atoms with Crippen molar-refractivity contribution in [1.29, 1.82) is 0 Å². The third-order valence-electron chi connectivity index (χ3n) is 5.21. The topological polar surface area (TPSA) is 60.2 Å². The van der Waals surface area contributed by atoms with Crippen LogP contribution in [0.1, 0.15) is 24.5 Å². The number of amides is 1. The van der Waals surface area contributed by atoms with Crippen molar-refractivity contribution in [3.63, 3.8) is 0 Å². The Bertz CT molecular complexity index is 1150. The smallest absolute Gasteiger partial charge is 0.266 e. The number of ether oxygens (including phenoxy) is 1. The summed E-state index contributed by atoms with van der Waals surface area (Å²) >= 11 is 1.56. The number of rotatable bonds is 9. The molecule has 2 heterocycles. The highest BCUT2D eigenvalue weighted by molar-refractivity contribution is 7.22. The molecule has 0 aliphatic carbocycles. The van der Waals surface area contributed by atoms with Gasteiger partial charge < -0.3 is 9.30 Å². The molecule has 160 valence electrons. The van der Waals surface area contributed by atoms with E-state index in [1.165, 1.54) is 5.56 Å². The van der Waals surface area contributed by atoms with E-state index in [4.69, 9.17) is 9.72 Å². The molecule has 2 aromatic carbocycles.